The third-order valence-electron chi connectivity index (χ3n) is 3.42. The van der Waals surface area contributed by atoms with Gasteiger partial charge in [-0.1, -0.05) is 24.3 Å². The zero-order valence-corrected chi connectivity index (χ0v) is 11.7. The Labute approximate surface area is 117 Å². The summed E-state index contributed by atoms with van der Waals surface area (Å²) in [7, 11) is 0. The lowest BCUT2D eigenvalue weighted by molar-refractivity contribution is 0.506. The molecular formula is C16H18F2N2. The van der Waals surface area contributed by atoms with Gasteiger partial charge in [-0.05, 0) is 37.1 Å². The molecule has 0 aliphatic carbocycles. The van der Waals surface area contributed by atoms with E-state index in [4.69, 9.17) is 5.73 Å². The van der Waals surface area contributed by atoms with Gasteiger partial charge < -0.3 is 10.6 Å². The fraction of sp³-hybridized carbons (Fsp3) is 0.250. The maximum Gasteiger partial charge on any atom is 0.184 e. The van der Waals surface area contributed by atoms with Crippen LogP contribution in [0.1, 0.15) is 18.1 Å². The first kappa shape index (κ1) is 14.3. The Morgan fingerprint density at radius 1 is 1.10 bits per heavy atom. The highest BCUT2D eigenvalue weighted by molar-refractivity contribution is 5.68. The molecule has 0 aliphatic heterocycles. The number of anilines is 2. The summed E-state index contributed by atoms with van der Waals surface area (Å²) in [6, 6.07) is 10.3. The van der Waals surface area contributed by atoms with Gasteiger partial charge in [-0.2, -0.15) is 0 Å². The highest BCUT2D eigenvalue weighted by Gasteiger charge is 2.18. The standard InChI is InChI=1S/C16H18F2N2/c1-3-20(10-12-7-5-4-6-11(12)2)16-14(19)9-8-13(17)15(16)18/h4-9H,3,10,19H2,1-2H3. The summed E-state index contributed by atoms with van der Waals surface area (Å²) in [6.45, 7) is 4.92. The summed E-state index contributed by atoms with van der Waals surface area (Å²) >= 11 is 0. The third kappa shape index (κ3) is 2.74. The molecule has 0 atom stereocenters. The summed E-state index contributed by atoms with van der Waals surface area (Å²) in [5, 5.41) is 0. The summed E-state index contributed by atoms with van der Waals surface area (Å²) in [4.78, 5) is 1.75. The van der Waals surface area contributed by atoms with Crippen LogP contribution in [0.4, 0.5) is 20.2 Å². The fourth-order valence-corrected chi connectivity index (χ4v) is 2.22. The molecule has 2 aromatic rings. The average molecular weight is 276 g/mol. The van der Waals surface area contributed by atoms with Crippen molar-refractivity contribution in [1.82, 2.24) is 0 Å². The number of hydrogen-bond donors (Lipinski definition) is 1. The normalized spacial score (nSPS) is 10.6. The zero-order valence-electron chi connectivity index (χ0n) is 11.7. The smallest absolute Gasteiger partial charge is 0.184 e. The van der Waals surface area contributed by atoms with Crippen LogP contribution < -0.4 is 10.6 Å². The van der Waals surface area contributed by atoms with Gasteiger partial charge in [0.25, 0.3) is 0 Å². The number of nitrogens with two attached hydrogens (primary N) is 1. The van der Waals surface area contributed by atoms with Gasteiger partial charge in [0.1, 0.15) is 0 Å². The maximum absolute atomic E-state index is 14.0. The minimum atomic E-state index is -0.888. The highest BCUT2D eigenvalue weighted by atomic mass is 19.2. The van der Waals surface area contributed by atoms with E-state index < -0.39 is 11.6 Å². The number of nitrogens with zero attached hydrogens (tertiary/aromatic N) is 1. The van der Waals surface area contributed by atoms with Gasteiger partial charge >= 0.3 is 0 Å². The molecule has 0 heterocycles. The largest absolute Gasteiger partial charge is 0.397 e. The molecule has 0 fully saturated rings. The van der Waals surface area contributed by atoms with E-state index in [1.54, 1.807) is 4.90 Å². The topological polar surface area (TPSA) is 29.3 Å². The Morgan fingerprint density at radius 2 is 1.80 bits per heavy atom. The lowest BCUT2D eigenvalue weighted by Gasteiger charge is -2.26. The van der Waals surface area contributed by atoms with Gasteiger partial charge in [0.2, 0.25) is 0 Å². The Balaban J connectivity index is 2.39. The van der Waals surface area contributed by atoms with Crippen LogP contribution in [0.3, 0.4) is 0 Å². The molecule has 2 N–H and O–H groups in total. The summed E-state index contributed by atoms with van der Waals surface area (Å²) < 4.78 is 27.4. The number of aryl methyl sites for hydroxylation is 1. The van der Waals surface area contributed by atoms with E-state index in [-0.39, 0.29) is 11.4 Å². The molecule has 2 rings (SSSR count). The molecule has 106 valence electrons. The van der Waals surface area contributed by atoms with Crippen molar-refractivity contribution >= 4 is 11.4 Å². The predicted octanol–water partition coefficient (Wildman–Crippen LogP) is 3.88. The van der Waals surface area contributed by atoms with E-state index >= 15 is 0 Å². The minimum Gasteiger partial charge on any atom is -0.397 e. The molecule has 0 aliphatic rings. The van der Waals surface area contributed by atoms with Crippen LogP contribution in [0.15, 0.2) is 36.4 Å². The number of benzene rings is 2. The monoisotopic (exact) mass is 276 g/mol. The van der Waals surface area contributed by atoms with E-state index in [1.807, 2.05) is 38.1 Å². The second-order valence-electron chi connectivity index (χ2n) is 4.74. The molecule has 2 nitrogen and oxygen atoms in total. The van der Waals surface area contributed by atoms with Gasteiger partial charge in [0.05, 0.1) is 11.4 Å². The van der Waals surface area contributed by atoms with Crippen LogP contribution in [0.2, 0.25) is 0 Å². The molecule has 4 heteroatoms. The van der Waals surface area contributed by atoms with Crippen molar-refractivity contribution in [2.45, 2.75) is 20.4 Å². The molecule has 0 amide bonds. The van der Waals surface area contributed by atoms with Crippen molar-refractivity contribution in [3.8, 4) is 0 Å². The van der Waals surface area contributed by atoms with Gasteiger partial charge in [-0.25, -0.2) is 8.78 Å². The number of rotatable bonds is 4. The molecule has 0 radical (unpaired) electrons. The fourth-order valence-electron chi connectivity index (χ4n) is 2.22. The third-order valence-corrected chi connectivity index (χ3v) is 3.42. The van der Waals surface area contributed by atoms with Crippen molar-refractivity contribution in [2.24, 2.45) is 0 Å². The second-order valence-corrected chi connectivity index (χ2v) is 4.74. The van der Waals surface area contributed by atoms with Crippen LogP contribution in [-0.2, 0) is 6.54 Å². The Kier molecular flexibility index (Phi) is 4.23. The minimum absolute atomic E-state index is 0.135. The molecule has 0 spiro atoms. The molecule has 0 saturated carbocycles. The summed E-state index contributed by atoms with van der Waals surface area (Å²) in [5.41, 5.74) is 8.37. The van der Waals surface area contributed by atoms with E-state index in [0.717, 1.165) is 17.2 Å². The Hall–Kier alpha value is -2.10. The molecule has 0 bridgehead atoms. The highest BCUT2D eigenvalue weighted by Crippen LogP contribution is 2.30. The molecule has 0 aromatic heterocycles. The average Bonchev–Trinajstić information content (AvgIpc) is 2.44. The SMILES string of the molecule is CCN(Cc1ccccc1C)c1c(N)ccc(F)c1F. The lowest BCUT2D eigenvalue weighted by Crippen LogP contribution is -2.25. The maximum atomic E-state index is 14.0. The van der Waals surface area contributed by atoms with E-state index in [1.165, 1.54) is 6.07 Å². The van der Waals surface area contributed by atoms with E-state index in [0.29, 0.717) is 13.1 Å². The van der Waals surface area contributed by atoms with Gasteiger partial charge in [0, 0.05) is 13.1 Å². The quantitative estimate of drug-likeness (QED) is 0.859. The molecule has 2 aromatic carbocycles. The van der Waals surface area contributed by atoms with Crippen LogP contribution in [0, 0.1) is 18.6 Å². The van der Waals surface area contributed by atoms with Gasteiger partial charge in [-0.3, -0.25) is 0 Å². The van der Waals surface area contributed by atoms with E-state index in [9.17, 15) is 8.78 Å². The first-order valence-electron chi connectivity index (χ1n) is 6.57. The van der Waals surface area contributed by atoms with Crippen molar-refractivity contribution in [3.63, 3.8) is 0 Å². The van der Waals surface area contributed by atoms with Crippen molar-refractivity contribution in [2.75, 3.05) is 17.2 Å². The lowest BCUT2D eigenvalue weighted by atomic mass is 10.1. The van der Waals surface area contributed by atoms with Crippen LogP contribution in [-0.4, -0.2) is 6.54 Å². The van der Waals surface area contributed by atoms with Crippen molar-refractivity contribution < 1.29 is 8.78 Å². The van der Waals surface area contributed by atoms with E-state index in [2.05, 4.69) is 0 Å². The zero-order chi connectivity index (χ0) is 14.7. The van der Waals surface area contributed by atoms with Gasteiger partial charge in [-0.15, -0.1) is 0 Å². The number of halogens is 2. The van der Waals surface area contributed by atoms with Crippen molar-refractivity contribution in [3.05, 3.63) is 59.2 Å². The first-order valence-corrected chi connectivity index (χ1v) is 6.57. The van der Waals surface area contributed by atoms with Crippen LogP contribution in [0.25, 0.3) is 0 Å². The Bertz CT molecular complexity index is 611. The number of hydrogen-bond acceptors (Lipinski definition) is 2. The summed E-state index contributed by atoms with van der Waals surface area (Å²) in [5.74, 6) is -1.77. The summed E-state index contributed by atoms with van der Waals surface area (Å²) in [6.07, 6.45) is 0. The second kappa shape index (κ2) is 5.90. The number of nitrogen functional groups attached to an aromatic ring is 1. The predicted molar refractivity (Wildman–Crippen MR) is 78.7 cm³/mol. The molecule has 20 heavy (non-hydrogen) atoms. The molecule has 0 unspecified atom stereocenters. The van der Waals surface area contributed by atoms with Crippen molar-refractivity contribution in [1.29, 1.82) is 0 Å². The van der Waals surface area contributed by atoms with Crippen LogP contribution >= 0.6 is 0 Å². The first-order chi connectivity index (χ1) is 9.54. The molecular weight excluding hydrogens is 258 g/mol. The van der Waals surface area contributed by atoms with Gasteiger partial charge in [0.15, 0.2) is 11.6 Å². The Morgan fingerprint density at radius 3 is 2.45 bits per heavy atom. The molecule has 0 saturated heterocycles. The van der Waals surface area contributed by atoms with Crippen LogP contribution in [0.5, 0.6) is 0 Å².